The Morgan fingerprint density at radius 2 is 2.31 bits per heavy atom. The van der Waals surface area contributed by atoms with Gasteiger partial charge in [-0.3, -0.25) is 4.79 Å². The molecule has 2 atom stereocenters. The minimum absolute atomic E-state index is 0.120. The van der Waals surface area contributed by atoms with E-state index in [1.807, 2.05) is 4.90 Å². The molecule has 3 nitrogen and oxygen atoms in total. The van der Waals surface area contributed by atoms with Crippen molar-refractivity contribution < 1.29 is 9.53 Å². The van der Waals surface area contributed by atoms with Crippen LogP contribution >= 0.6 is 0 Å². The van der Waals surface area contributed by atoms with Gasteiger partial charge in [0, 0.05) is 19.7 Å². The fourth-order valence-electron chi connectivity index (χ4n) is 2.11. The van der Waals surface area contributed by atoms with Crippen LogP contribution in [-0.4, -0.2) is 36.6 Å². The molecule has 3 heteroatoms. The van der Waals surface area contributed by atoms with Gasteiger partial charge in [-0.2, -0.15) is 0 Å². The van der Waals surface area contributed by atoms with Crippen molar-refractivity contribution in [2.24, 2.45) is 5.92 Å². The number of ether oxygens (including phenoxy) is 1. The first-order valence-corrected chi connectivity index (χ1v) is 5.18. The molecule has 0 unspecified atom stereocenters. The summed E-state index contributed by atoms with van der Waals surface area (Å²) in [7, 11) is 0. The zero-order chi connectivity index (χ0) is 9.26. The van der Waals surface area contributed by atoms with Crippen molar-refractivity contribution in [2.75, 3.05) is 19.7 Å². The van der Waals surface area contributed by atoms with Gasteiger partial charge in [0.05, 0.1) is 0 Å². The number of amides is 1. The molecule has 0 bridgehead atoms. The van der Waals surface area contributed by atoms with Crippen molar-refractivity contribution in [3.8, 4) is 0 Å². The van der Waals surface area contributed by atoms with Crippen molar-refractivity contribution >= 4 is 5.91 Å². The molecule has 0 N–H and O–H groups in total. The van der Waals surface area contributed by atoms with Crippen molar-refractivity contribution in [1.29, 1.82) is 0 Å². The Morgan fingerprint density at radius 1 is 1.46 bits per heavy atom. The summed E-state index contributed by atoms with van der Waals surface area (Å²) in [5.74, 6) is 0.896. The predicted octanol–water partition coefficient (Wildman–Crippen LogP) is 1.03. The summed E-state index contributed by atoms with van der Waals surface area (Å²) < 4.78 is 5.37. The average molecular weight is 183 g/mol. The van der Waals surface area contributed by atoms with Crippen LogP contribution in [-0.2, 0) is 9.53 Å². The molecule has 2 heterocycles. The molecule has 74 valence electrons. The van der Waals surface area contributed by atoms with E-state index in [0.717, 1.165) is 39.0 Å². The molecule has 0 aromatic carbocycles. The minimum atomic E-state index is -0.120. The fourth-order valence-corrected chi connectivity index (χ4v) is 2.11. The normalized spacial score (nSPS) is 34.1. The predicted molar refractivity (Wildman–Crippen MR) is 49.3 cm³/mol. The van der Waals surface area contributed by atoms with Crippen LogP contribution in [0.3, 0.4) is 0 Å². The Kier molecular flexibility index (Phi) is 2.54. The monoisotopic (exact) mass is 183 g/mol. The second kappa shape index (κ2) is 3.66. The van der Waals surface area contributed by atoms with E-state index in [1.165, 1.54) is 0 Å². The third kappa shape index (κ3) is 1.85. The maximum Gasteiger partial charge on any atom is 0.251 e. The van der Waals surface area contributed by atoms with Gasteiger partial charge in [-0.15, -0.1) is 0 Å². The van der Waals surface area contributed by atoms with Crippen LogP contribution in [0, 0.1) is 5.92 Å². The van der Waals surface area contributed by atoms with Gasteiger partial charge in [-0.25, -0.2) is 0 Å². The third-order valence-corrected chi connectivity index (χ3v) is 2.94. The number of nitrogens with zero attached hydrogens (tertiary/aromatic N) is 1. The Labute approximate surface area is 79.0 Å². The first kappa shape index (κ1) is 9.00. The molecular formula is C10H17NO2. The summed E-state index contributed by atoms with van der Waals surface area (Å²) in [5, 5.41) is 0. The van der Waals surface area contributed by atoms with Gasteiger partial charge >= 0.3 is 0 Å². The van der Waals surface area contributed by atoms with E-state index in [9.17, 15) is 4.79 Å². The van der Waals surface area contributed by atoms with E-state index < -0.39 is 0 Å². The summed E-state index contributed by atoms with van der Waals surface area (Å²) in [6, 6.07) is 0. The molecule has 2 aliphatic heterocycles. The Hall–Kier alpha value is -0.570. The van der Waals surface area contributed by atoms with Gasteiger partial charge in [-0.1, -0.05) is 6.92 Å². The standard InChI is InChI=1S/C10H17NO2/c1-8-4-5-11(7-8)10(12)9-3-2-6-13-9/h8-9H,2-7H2,1H3/t8-,9+/m1/s1. The molecule has 0 radical (unpaired) electrons. The lowest BCUT2D eigenvalue weighted by atomic mass is 10.2. The molecule has 13 heavy (non-hydrogen) atoms. The molecule has 2 aliphatic rings. The second-order valence-corrected chi connectivity index (χ2v) is 4.18. The summed E-state index contributed by atoms with van der Waals surface area (Å²) in [4.78, 5) is 13.8. The first-order valence-electron chi connectivity index (χ1n) is 5.18. The highest BCUT2D eigenvalue weighted by Crippen LogP contribution is 2.20. The number of carbonyl (C=O) groups is 1. The van der Waals surface area contributed by atoms with E-state index in [-0.39, 0.29) is 12.0 Å². The molecule has 0 saturated carbocycles. The Bertz CT molecular complexity index is 199. The van der Waals surface area contributed by atoms with Crippen molar-refractivity contribution in [2.45, 2.75) is 32.3 Å². The van der Waals surface area contributed by atoms with E-state index in [0.29, 0.717) is 5.92 Å². The molecule has 0 spiro atoms. The topological polar surface area (TPSA) is 29.5 Å². The summed E-state index contributed by atoms with van der Waals surface area (Å²) >= 11 is 0. The molecule has 2 saturated heterocycles. The van der Waals surface area contributed by atoms with E-state index >= 15 is 0 Å². The van der Waals surface area contributed by atoms with Gasteiger partial charge in [0.15, 0.2) is 0 Å². The smallest absolute Gasteiger partial charge is 0.251 e. The molecule has 1 amide bonds. The molecule has 0 aliphatic carbocycles. The van der Waals surface area contributed by atoms with E-state index in [2.05, 4.69) is 6.92 Å². The SMILES string of the molecule is C[C@@H]1CCN(C(=O)[C@@H]2CCCO2)C1. The van der Waals surface area contributed by atoms with Crippen molar-refractivity contribution in [3.05, 3.63) is 0 Å². The van der Waals surface area contributed by atoms with Gasteiger partial charge < -0.3 is 9.64 Å². The largest absolute Gasteiger partial charge is 0.368 e. The van der Waals surface area contributed by atoms with Crippen LogP contribution < -0.4 is 0 Å². The van der Waals surface area contributed by atoms with Gasteiger partial charge in [-0.05, 0) is 25.2 Å². The highest BCUT2D eigenvalue weighted by atomic mass is 16.5. The van der Waals surface area contributed by atoms with Crippen molar-refractivity contribution in [3.63, 3.8) is 0 Å². The van der Waals surface area contributed by atoms with Crippen LogP contribution in [0.25, 0.3) is 0 Å². The molecule has 2 fully saturated rings. The number of carbonyl (C=O) groups excluding carboxylic acids is 1. The van der Waals surface area contributed by atoms with Gasteiger partial charge in [0.25, 0.3) is 5.91 Å². The minimum Gasteiger partial charge on any atom is -0.368 e. The van der Waals surface area contributed by atoms with Crippen molar-refractivity contribution in [1.82, 2.24) is 4.90 Å². The van der Waals surface area contributed by atoms with Gasteiger partial charge in [0.2, 0.25) is 0 Å². The maximum absolute atomic E-state index is 11.8. The third-order valence-electron chi connectivity index (χ3n) is 2.94. The van der Waals surface area contributed by atoms with E-state index in [1.54, 1.807) is 0 Å². The number of rotatable bonds is 1. The maximum atomic E-state index is 11.8. The second-order valence-electron chi connectivity index (χ2n) is 4.18. The lowest BCUT2D eigenvalue weighted by Crippen LogP contribution is -2.37. The number of hydrogen-bond donors (Lipinski definition) is 0. The molecular weight excluding hydrogens is 166 g/mol. The first-order chi connectivity index (χ1) is 6.27. The lowest BCUT2D eigenvalue weighted by molar-refractivity contribution is -0.139. The lowest BCUT2D eigenvalue weighted by Gasteiger charge is -2.19. The van der Waals surface area contributed by atoms with E-state index in [4.69, 9.17) is 4.74 Å². The molecule has 2 rings (SSSR count). The Balaban J connectivity index is 1.89. The van der Waals surface area contributed by atoms with Crippen LogP contribution in [0.5, 0.6) is 0 Å². The van der Waals surface area contributed by atoms with Crippen LogP contribution in [0.1, 0.15) is 26.2 Å². The van der Waals surface area contributed by atoms with Gasteiger partial charge in [0.1, 0.15) is 6.10 Å². The van der Waals surface area contributed by atoms with Crippen LogP contribution in [0.4, 0.5) is 0 Å². The average Bonchev–Trinajstić information content (AvgIpc) is 2.72. The number of hydrogen-bond acceptors (Lipinski definition) is 2. The fraction of sp³-hybridized carbons (Fsp3) is 0.900. The van der Waals surface area contributed by atoms with Crippen LogP contribution in [0.2, 0.25) is 0 Å². The molecule has 0 aromatic rings. The van der Waals surface area contributed by atoms with Crippen LogP contribution in [0.15, 0.2) is 0 Å². The summed E-state index contributed by atoms with van der Waals surface area (Å²) in [6.07, 6.45) is 2.99. The number of likely N-dealkylation sites (tertiary alicyclic amines) is 1. The molecule has 0 aromatic heterocycles. The highest BCUT2D eigenvalue weighted by Gasteiger charge is 2.31. The Morgan fingerprint density at radius 3 is 2.85 bits per heavy atom. The highest BCUT2D eigenvalue weighted by molar-refractivity contribution is 5.81. The quantitative estimate of drug-likeness (QED) is 0.607. The summed E-state index contributed by atoms with van der Waals surface area (Å²) in [6.45, 7) is 4.82. The zero-order valence-electron chi connectivity index (χ0n) is 8.16. The summed E-state index contributed by atoms with van der Waals surface area (Å²) in [5.41, 5.74) is 0. The zero-order valence-corrected chi connectivity index (χ0v) is 8.16.